The number of amides is 3. The summed E-state index contributed by atoms with van der Waals surface area (Å²) in [6.07, 6.45) is 0. The van der Waals surface area contributed by atoms with Gasteiger partial charge in [0.1, 0.15) is 11.5 Å². The lowest BCUT2D eigenvalue weighted by molar-refractivity contribution is -0.118. The number of nitrogens with one attached hydrogen (secondary N) is 1. The maximum atomic E-state index is 13.7. The minimum absolute atomic E-state index is 0.0474. The van der Waals surface area contributed by atoms with Gasteiger partial charge in [0, 0.05) is 16.0 Å². The first kappa shape index (κ1) is 18.0. The topological polar surface area (TPSA) is 75.4 Å². The van der Waals surface area contributed by atoms with Crippen molar-refractivity contribution in [3.63, 3.8) is 0 Å². The predicted molar refractivity (Wildman–Crippen MR) is 88.7 cm³/mol. The number of nitrogens with zero attached hydrogens (tertiary/aromatic N) is 1. The summed E-state index contributed by atoms with van der Waals surface area (Å²) in [6, 6.07) is 8.23. The summed E-state index contributed by atoms with van der Waals surface area (Å²) in [5, 5.41) is 1.09. The van der Waals surface area contributed by atoms with Crippen molar-refractivity contribution in [1.29, 1.82) is 0 Å². The maximum absolute atomic E-state index is 13.7. The predicted octanol–water partition coefficient (Wildman–Crippen LogP) is 3.33. The van der Waals surface area contributed by atoms with Gasteiger partial charge in [-0.25, -0.2) is 18.6 Å². The molecule has 2 rings (SSSR count). The fourth-order valence-electron chi connectivity index (χ4n) is 1.73. The Morgan fingerprint density at radius 1 is 1.17 bits per heavy atom. The Labute approximate surface area is 145 Å². The average molecular weight is 372 g/mol. The Kier molecular flexibility index (Phi) is 5.99. The summed E-state index contributed by atoms with van der Waals surface area (Å²) in [7, 11) is 0. The van der Waals surface area contributed by atoms with E-state index in [2.05, 4.69) is 5.43 Å². The van der Waals surface area contributed by atoms with Crippen molar-refractivity contribution < 1.29 is 18.4 Å². The molecule has 9 heteroatoms. The number of hydrogen-bond acceptors (Lipinski definition) is 3. The van der Waals surface area contributed by atoms with Gasteiger partial charge < -0.3 is 5.73 Å². The number of hydrogen-bond donors (Lipinski definition) is 2. The van der Waals surface area contributed by atoms with Crippen LogP contribution in [0.25, 0.3) is 0 Å². The SMILES string of the molecule is NC(=O)N(NC(=O)CSc1ccc(Cl)cc1)c1ccc(F)cc1F. The molecule has 126 valence electrons. The Morgan fingerprint density at radius 2 is 1.83 bits per heavy atom. The van der Waals surface area contributed by atoms with Crippen LogP contribution in [0.15, 0.2) is 47.4 Å². The molecule has 0 aliphatic carbocycles. The minimum atomic E-state index is -1.11. The van der Waals surface area contributed by atoms with Crippen LogP contribution in [-0.4, -0.2) is 17.7 Å². The largest absolute Gasteiger partial charge is 0.350 e. The molecule has 5 nitrogen and oxygen atoms in total. The van der Waals surface area contributed by atoms with Crippen LogP contribution in [0.4, 0.5) is 19.3 Å². The van der Waals surface area contributed by atoms with E-state index in [1.165, 1.54) is 11.8 Å². The van der Waals surface area contributed by atoms with Crippen molar-refractivity contribution in [1.82, 2.24) is 5.43 Å². The quantitative estimate of drug-likeness (QED) is 0.639. The molecule has 0 atom stereocenters. The van der Waals surface area contributed by atoms with Crippen molar-refractivity contribution in [2.75, 3.05) is 10.8 Å². The molecule has 2 aromatic carbocycles. The first-order chi connectivity index (χ1) is 11.4. The number of carbonyl (C=O) groups excluding carboxylic acids is 2. The monoisotopic (exact) mass is 371 g/mol. The molecule has 2 aromatic rings. The number of carbonyl (C=O) groups is 2. The number of nitrogens with two attached hydrogens (primary N) is 1. The third-order valence-electron chi connectivity index (χ3n) is 2.79. The molecule has 0 saturated heterocycles. The third-order valence-corrected chi connectivity index (χ3v) is 4.06. The van der Waals surface area contributed by atoms with Gasteiger partial charge in [0.15, 0.2) is 5.82 Å². The van der Waals surface area contributed by atoms with Gasteiger partial charge in [-0.3, -0.25) is 10.2 Å². The Morgan fingerprint density at radius 3 is 2.42 bits per heavy atom. The van der Waals surface area contributed by atoms with E-state index < -0.39 is 23.6 Å². The molecule has 0 aliphatic rings. The fraction of sp³-hybridized carbons (Fsp3) is 0.0667. The molecule has 0 saturated carbocycles. The van der Waals surface area contributed by atoms with E-state index in [0.29, 0.717) is 16.1 Å². The summed E-state index contributed by atoms with van der Waals surface area (Å²) in [5.74, 6) is -2.48. The molecule has 0 radical (unpaired) electrons. The number of urea groups is 1. The molecule has 0 heterocycles. The highest BCUT2D eigenvalue weighted by Gasteiger charge is 2.19. The molecule has 0 aromatic heterocycles. The standard InChI is InChI=1S/C15H12ClF2N3O2S/c16-9-1-4-11(5-2-9)24-8-14(22)20-21(15(19)23)13-6-3-10(17)7-12(13)18/h1-7H,8H2,(H2,19,23)(H,20,22). The summed E-state index contributed by atoms with van der Waals surface area (Å²) in [5.41, 5.74) is 6.97. The molecule has 0 spiro atoms. The van der Waals surface area contributed by atoms with Crippen LogP contribution in [-0.2, 0) is 4.79 Å². The number of hydrazine groups is 1. The molecule has 0 fully saturated rings. The van der Waals surface area contributed by atoms with Crippen molar-refractivity contribution in [2.24, 2.45) is 5.73 Å². The number of anilines is 1. The van der Waals surface area contributed by atoms with E-state index >= 15 is 0 Å². The minimum Gasteiger partial charge on any atom is -0.350 e. The number of benzene rings is 2. The van der Waals surface area contributed by atoms with Crippen molar-refractivity contribution in [2.45, 2.75) is 4.90 Å². The van der Waals surface area contributed by atoms with Crippen molar-refractivity contribution >= 4 is 41.0 Å². The van der Waals surface area contributed by atoms with Crippen LogP contribution >= 0.6 is 23.4 Å². The second-order valence-corrected chi connectivity index (χ2v) is 6.03. The lowest BCUT2D eigenvalue weighted by atomic mass is 10.3. The van der Waals surface area contributed by atoms with Crippen molar-refractivity contribution in [3.05, 3.63) is 59.1 Å². The summed E-state index contributed by atoms with van der Waals surface area (Å²) in [4.78, 5) is 24.2. The fourth-order valence-corrected chi connectivity index (χ4v) is 2.55. The Balaban J connectivity index is 2.03. The molecular formula is C15H12ClF2N3O2S. The zero-order chi connectivity index (χ0) is 17.7. The smallest absolute Gasteiger partial charge is 0.338 e. The molecule has 0 unspecified atom stereocenters. The van der Waals surface area contributed by atoms with Crippen LogP contribution in [0.3, 0.4) is 0 Å². The van der Waals surface area contributed by atoms with Crippen LogP contribution in [0.2, 0.25) is 5.02 Å². The normalized spacial score (nSPS) is 10.3. The molecular weight excluding hydrogens is 360 g/mol. The lowest BCUT2D eigenvalue weighted by Gasteiger charge is -2.21. The van der Waals surface area contributed by atoms with E-state index in [9.17, 15) is 18.4 Å². The van der Waals surface area contributed by atoms with Gasteiger partial charge in [-0.1, -0.05) is 11.6 Å². The van der Waals surface area contributed by atoms with Gasteiger partial charge in [0.2, 0.25) is 5.91 Å². The maximum Gasteiger partial charge on any atom is 0.338 e. The van der Waals surface area contributed by atoms with Crippen LogP contribution in [0, 0.1) is 11.6 Å². The zero-order valence-corrected chi connectivity index (χ0v) is 13.7. The van der Waals surface area contributed by atoms with Gasteiger partial charge in [-0.2, -0.15) is 0 Å². The Hall–Kier alpha value is -2.32. The summed E-state index contributed by atoms with van der Waals surface area (Å²) >= 11 is 6.95. The molecule has 3 N–H and O–H groups in total. The van der Waals surface area contributed by atoms with Gasteiger partial charge in [0.25, 0.3) is 0 Å². The lowest BCUT2D eigenvalue weighted by Crippen LogP contribution is -2.50. The third kappa shape index (κ3) is 4.84. The highest BCUT2D eigenvalue weighted by atomic mass is 35.5. The zero-order valence-electron chi connectivity index (χ0n) is 12.1. The Bertz CT molecular complexity index is 759. The van der Waals surface area contributed by atoms with E-state index in [-0.39, 0.29) is 11.4 Å². The van der Waals surface area contributed by atoms with E-state index in [1.807, 2.05) is 0 Å². The van der Waals surface area contributed by atoms with Gasteiger partial charge in [-0.15, -0.1) is 11.8 Å². The first-order valence-electron chi connectivity index (χ1n) is 6.59. The number of thioether (sulfide) groups is 1. The second kappa shape index (κ2) is 7.98. The van der Waals surface area contributed by atoms with Gasteiger partial charge in [0.05, 0.1) is 5.75 Å². The number of rotatable bonds is 4. The molecule has 3 amide bonds. The van der Waals surface area contributed by atoms with Crippen molar-refractivity contribution in [3.8, 4) is 0 Å². The first-order valence-corrected chi connectivity index (χ1v) is 7.95. The van der Waals surface area contributed by atoms with Gasteiger partial charge in [-0.05, 0) is 36.4 Å². The molecule has 0 aliphatic heterocycles. The van der Waals surface area contributed by atoms with Crippen LogP contribution in [0.1, 0.15) is 0 Å². The van der Waals surface area contributed by atoms with Crippen LogP contribution < -0.4 is 16.2 Å². The number of primary amides is 1. The van der Waals surface area contributed by atoms with E-state index in [1.54, 1.807) is 24.3 Å². The summed E-state index contributed by atoms with van der Waals surface area (Å²) in [6.45, 7) is 0. The summed E-state index contributed by atoms with van der Waals surface area (Å²) < 4.78 is 26.7. The van der Waals surface area contributed by atoms with E-state index in [0.717, 1.165) is 17.0 Å². The second-order valence-electron chi connectivity index (χ2n) is 4.55. The highest BCUT2D eigenvalue weighted by molar-refractivity contribution is 8.00. The van der Waals surface area contributed by atoms with Gasteiger partial charge >= 0.3 is 6.03 Å². The van der Waals surface area contributed by atoms with E-state index in [4.69, 9.17) is 17.3 Å². The molecule has 24 heavy (non-hydrogen) atoms. The molecule has 0 bridgehead atoms. The highest BCUT2D eigenvalue weighted by Crippen LogP contribution is 2.21. The number of halogens is 3. The van der Waals surface area contributed by atoms with Crippen LogP contribution in [0.5, 0.6) is 0 Å². The average Bonchev–Trinajstić information content (AvgIpc) is 2.52.